The summed E-state index contributed by atoms with van der Waals surface area (Å²) in [6, 6.07) is 123. The van der Waals surface area contributed by atoms with Gasteiger partial charge in [-0.2, -0.15) is 35.3 Å². The molecule has 0 unspecified atom stereocenters. The molecular weight excluding hydrogens is 1640 g/mol. The molecule has 590 valence electrons. The van der Waals surface area contributed by atoms with Gasteiger partial charge in [0.2, 0.25) is 0 Å². The van der Waals surface area contributed by atoms with Gasteiger partial charge in [-0.25, -0.2) is 0 Å². The predicted octanol–water partition coefficient (Wildman–Crippen LogP) is 18.7. The van der Waals surface area contributed by atoms with Gasteiger partial charge < -0.3 is 33.0 Å². The van der Waals surface area contributed by atoms with Crippen LogP contribution in [0.2, 0.25) is 0 Å². The van der Waals surface area contributed by atoms with Crippen molar-refractivity contribution in [2.75, 3.05) is 132 Å². The molecule has 0 atom stereocenters. The van der Waals surface area contributed by atoms with E-state index in [1.807, 2.05) is 254 Å². The normalized spacial score (nSPS) is 11.8. The molecule has 0 radical (unpaired) electrons. The van der Waals surface area contributed by atoms with Crippen LogP contribution in [0.4, 0.5) is 0 Å². The molecule has 0 bridgehead atoms. The molecule has 0 spiro atoms. The average Bonchev–Trinajstić information content (AvgIpc) is 0.804. The zero-order valence-electron chi connectivity index (χ0n) is 65.0. The van der Waals surface area contributed by atoms with E-state index in [1.165, 1.54) is 39.3 Å². The van der Waals surface area contributed by atoms with Crippen LogP contribution in [0, 0.1) is 0 Å². The Morgan fingerprint density at radius 2 is 0.381 bits per heavy atom. The second kappa shape index (κ2) is 50.3. The van der Waals surface area contributed by atoms with Crippen LogP contribution >= 0.6 is 113 Å². The average molecular weight is 1750 g/mol. The van der Waals surface area contributed by atoms with E-state index in [4.69, 9.17) is 33.2 Å². The summed E-state index contributed by atoms with van der Waals surface area (Å²) in [5, 5.41) is 13.1. The highest BCUT2D eigenvalue weighted by molar-refractivity contribution is 7.99. The van der Waals surface area contributed by atoms with E-state index < -0.39 is 35.3 Å². The van der Waals surface area contributed by atoms with Gasteiger partial charge in [0.1, 0.15) is 28.6 Å². The molecule has 113 heavy (non-hydrogen) atoms. The standard InChI is InChI=1S/2C31H35NO2P2S.C31H35NP2S.Cl3HSi/c2*1-37-27-24-32(22-25-35(33,28-14-6-2-7-15-28)29-16-8-3-9-17-29)23-26-36(34,30-18-10-4-11-19-30)31-20-12-5-13-21-31;1-35-27-24-32(22-25-33(28-14-6-2-7-15-28)29-16-8-3-9-17-29)23-26-34(30-18-10-4-11-19-30)31-20-12-5-13-21-31;1-4(2)3/h2*2-21H,22-27H2,1H3;2-21H,22-27H2,1H3;4H. The molecule has 12 aromatic rings. The molecule has 0 fully saturated rings. The summed E-state index contributed by atoms with van der Waals surface area (Å²) < 4.78 is 58.2. The molecule has 0 amide bonds. The minimum Gasteiger partial charge on any atom is -0.314 e. The molecule has 0 saturated heterocycles. The van der Waals surface area contributed by atoms with Crippen LogP contribution in [0.3, 0.4) is 0 Å². The third kappa shape index (κ3) is 28.9. The topological polar surface area (TPSA) is 78.0 Å². The minimum atomic E-state index is -2.81. The van der Waals surface area contributed by atoms with Crippen LogP contribution in [0.15, 0.2) is 364 Å². The van der Waals surface area contributed by atoms with Gasteiger partial charge in [-0.15, -0.1) is 33.2 Å². The first-order valence-electron chi connectivity index (χ1n) is 38.3. The van der Waals surface area contributed by atoms with E-state index in [-0.39, 0.29) is 15.8 Å². The number of halogens is 3. The van der Waals surface area contributed by atoms with Crippen molar-refractivity contribution in [2.45, 2.75) is 0 Å². The first-order valence-corrected chi connectivity index (χ1v) is 58.4. The lowest BCUT2D eigenvalue weighted by atomic mass is 10.4. The van der Waals surface area contributed by atoms with Crippen LogP contribution < -0.4 is 63.7 Å². The quantitative estimate of drug-likeness (QED) is 0.0211. The van der Waals surface area contributed by atoms with Crippen molar-refractivity contribution in [3.05, 3.63) is 364 Å². The molecule has 7 nitrogen and oxygen atoms in total. The molecular formula is C93H106Cl3N3O4P6S3Si. The monoisotopic (exact) mass is 1740 g/mol. The summed E-state index contributed by atoms with van der Waals surface area (Å²) in [4.78, 5) is 7.43. The van der Waals surface area contributed by atoms with Crippen molar-refractivity contribution in [3.8, 4) is 0 Å². The number of thioether (sulfide) groups is 3. The first-order chi connectivity index (χ1) is 55.2. The second-order valence-corrected chi connectivity index (χ2v) is 52.8. The van der Waals surface area contributed by atoms with Crippen molar-refractivity contribution < 1.29 is 18.3 Å². The number of nitrogens with zero attached hydrogens (tertiary/aromatic N) is 3. The number of hydrogen-bond acceptors (Lipinski definition) is 10. The maximum absolute atomic E-state index is 14.6. The van der Waals surface area contributed by atoms with E-state index >= 15 is 0 Å². The highest BCUT2D eigenvalue weighted by atomic mass is 35.8. The fraction of sp³-hybridized carbons (Fsp3) is 0.226. The molecule has 0 aliphatic rings. The summed E-state index contributed by atoms with van der Waals surface area (Å²) >= 11 is 20.4. The molecule has 0 N–H and O–H groups in total. The van der Waals surface area contributed by atoms with Gasteiger partial charge in [-0.1, -0.05) is 364 Å². The number of rotatable bonds is 39. The van der Waals surface area contributed by atoms with Crippen LogP contribution in [0.1, 0.15) is 0 Å². The van der Waals surface area contributed by atoms with E-state index in [2.05, 4.69) is 155 Å². The molecule has 20 heteroatoms. The lowest BCUT2D eigenvalue weighted by Crippen LogP contribution is -2.35. The van der Waals surface area contributed by atoms with Crippen molar-refractivity contribution in [3.63, 3.8) is 0 Å². The summed E-state index contributed by atoms with van der Waals surface area (Å²) in [7, 11) is -11.9. The van der Waals surface area contributed by atoms with Crippen molar-refractivity contribution in [1.29, 1.82) is 0 Å². The SMILES string of the molecule is CSCCN(CCP(=O)(c1ccccc1)c1ccccc1)CCP(=O)(c1ccccc1)c1ccccc1.CSCCN(CCP(=O)(c1ccccc1)c1ccccc1)CCP(=O)(c1ccccc1)c1ccccc1.CSCCN(CCP(c1ccccc1)c1ccccc1)CCP(c1ccccc1)c1ccccc1.Cl[SiH](Cl)Cl. The molecule has 0 heterocycles. The van der Waals surface area contributed by atoms with Crippen LogP contribution in [0.5, 0.6) is 0 Å². The van der Waals surface area contributed by atoms with Gasteiger partial charge in [0.05, 0.1) is 0 Å². The predicted molar refractivity (Wildman–Crippen MR) is 516 cm³/mol. The van der Waals surface area contributed by atoms with E-state index in [9.17, 15) is 18.3 Å². The van der Waals surface area contributed by atoms with Crippen LogP contribution in [-0.2, 0) is 18.3 Å². The second-order valence-electron chi connectivity index (χ2n) is 26.9. The Morgan fingerprint density at radius 1 is 0.239 bits per heavy atom. The van der Waals surface area contributed by atoms with Crippen molar-refractivity contribution in [1.82, 2.24) is 14.7 Å². The summed E-state index contributed by atoms with van der Waals surface area (Å²) in [6.45, 7) is 6.20. The summed E-state index contributed by atoms with van der Waals surface area (Å²) in [5.74, 6) is 3.13. The van der Waals surface area contributed by atoms with Crippen molar-refractivity contribution in [2.24, 2.45) is 0 Å². The number of hydrogen-bond donors (Lipinski definition) is 0. The highest BCUT2D eigenvalue weighted by Crippen LogP contribution is 2.47. The molecule has 0 aromatic heterocycles. The van der Waals surface area contributed by atoms with Gasteiger partial charge in [-0.3, -0.25) is 0 Å². The Kier molecular flexibility index (Phi) is 40.6. The maximum Gasteiger partial charge on any atom is 0.326 e. The maximum atomic E-state index is 14.6. The third-order valence-electron chi connectivity index (χ3n) is 19.7. The Balaban J connectivity index is 0.000000190. The smallest absolute Gasteiger partial charge is 0.314 e. The fourth-order valence-electron chi connectivity index (χ4n) is 13.5. The van der Waals surface area contributed by atoms with Gasteiger partial charge in [-0.05, 0) is 68.2 Å². The Morgan fingerprint density at radius 3 is 0.531 bits per heavy atom. The Bertz CT molecular complexity index is 4020. The molecule has 0 aliphatic carbocycles. The zero-order valence-corrected chi connectivity index (χ0v) is 76.2. The van der Waals surface area contributed by atoms with Gasteiger partial charge in [0.25, 0.3) is 0 Å². The summed E-state index contributed by atoms with van der Waals surface area (Å²) in [6.07, 6.45) is 11.0. The summed E-state index contributed by atoms with van der Waals surface area (Å²) in [5.41, 5.74) is 0. The molecule has 0 aliphatic heterocycles. The highest BCUT2D eigenvalue weighted by Gasteiger charge is 2.33. The minimum absolute atomic E-state index is 0.355. The molecule has 12 rings (SSSR count). The van der Waals surface area contributed by atoms with E-state index in [0.717, 1.165) is 86.7 Å². The third-order valence-corrected chi connectivity index (χ3v) is 38.8. The lowest BCUT2D eigenvalue weighted by molar-refractivity contribution is 0.325. The Hall–Kier alpha value is -5.56. The van der Waals surface area contributed by atoms with Crippen LogP contribution in [0.25, 0.3) is 0 Å². The zero-order chi connectivity index (χ0) is 79.7. The lowest BCUT2D eigenvalue weighted by Gasteiger charge is -2.28. The number of benzene rings is 12. The van der Waals surface area contributed by atoms with Crippen LogP contribution in [-0.4, -0.2) is 153 Å². The van der Waals surface area contributed by atoms with Gasteiger partial charge >= 0.3 is 6.73 Å². The largest absolute Gasteiger partial charge is 0.326 e. The fourth-order valence-corrected chi connectivity index (χ4v) is 30.3. The first kappa shape index (κ1) is 91.3. The Labute approximate surface area is 706 Å². The van der Waals surface area contributed by atoms with E-state index in [1.54, 1.807) is 23.5 Å². The molecule has 12 aromatic carbocycles. The van der Waals surface area contributed by atoms with Crippen molar-refractivity contribution >= 4 is 183 Å². The van der Waals surface area contributed by atoms with E-state index in [0.29, 0.717) is 50.8 Å². The van der Waals surface area contributed by atoms with Gasteiger partial charge in [0, 0.05) is 143 Å². The van der Waals surface area contributed by atoms with Gasteiger partial charge in [0.15, 0.2) is 0 Å². The molecule has 0 saturated carbocycles.